The second-order valence-electron chi connectivity index (χ2n) is 7.56. The number of hydrogen-bond donors (Lipinski definition) is 2. The van der Waals surface area contributed by atoms with Gasteiger partial charge < -0.3 is 5.32 Å². The topological polar surface area (TPSA) is 79.8 Å². The fourth-order valence-corrected chi connectivity index (χ4v) is 4.23. The minimum absolute atomic E-state index is 0.00646. The quantitative estimate of drug-likeness (QED) is 0.690. The van der Waals surface area contributed by atoms with Gasteiger partial charge in [-0.15, -0.1) is 0 Å². The molecule has 1 saturated heterocycles. The molecular weight excluding hydrogens is 470 g/mol. The van der Waals surface area contributed by atoms with Crippen molar-refractivity contribution in [3.63, 3.8) is 0 Å². The van der Waals surface area contributed by atoms with Gasteiger partial charge in [-0.25, -0.2) is 5.48 Å². The van der Waals surface area contributed by atoms with Crippen LogP contribution in [0.2, 0.25) is 10.0 Å². The van der Waals surface area contributed by atoms with Gasteiger partial charge in [0.05, 0.1) is 6.54 Å². The Labute approximate surface area is 190 Å². The van der Waals surface area contributed by atoms with Gasteiger partial charge in [-0.05, 0) is 41.5 Å². The summed E-state index contributed by atoms with van der Waals surface area (Å²) in [5, 5.41) is 2.74. The first-order chi connectivity index (χ1) is 15.1. The third-order valence-electron chi connectivity index (χ3n) is 5.49. The van der Waals surface area contributed by atoms with Gasteiger partial charge in [0.1, 0.15) is 18.1 Å². The standard InChI is InChI=1S/C21H16Cl2F3N3O3/c22-14-5-13(6-15(23)7-14)20(21(24,25)26)8-16(27-10-20)11-1-3-12(4-2-11)18(30)28-17-9-32-29-19(17)31/h1-7,17H,8-10H2,(H,28,30)(H,29,31). The Hall–Kier alpha value is -2.62. The molecular formula is C21H16Cl2F3N3O3. The molecule has 2 aromatic rings. The Balaban J connectivity index is 1.55. The highest BCUT2D eigenvalue weighted by Gasteiger charge is 2.58. The summed E-state index contributed by atoms with van der Waals surface area (Å²) in [6.07, 6.45) is -4.98. The number of carbonyl (C=O) groups is 2. The molecule has 0 bridgehead atoms. The van der Waals surface area contributed by atoms with Crippen LogP contribution < -0.4 is 10.8 Å². The number of halogens is 5. The molecule has 2 N–H and O–H groups in total. The summed E-state index contributed by atoms with van der Waals surface area (Å²) in [6.45, 7) is -0.492. The van der Waals surface area contributed by atoms with Crippen molar-refractivity contribution in [2.24, 2.45) is 4.99 Å². The van der Waals surface area contributed by atoms with Crippen LogP contribution in [0.3, 0.4) is 0 Å². The van der Waals surface area contributed by atoms with Crippen molar-refractivity contribution in [1.82, 2.24) is 10.8 Å². The van der Waals surface area contributed by atoms with Gasteiger partial charge >= 0.3 is 6.18 Å². The average Bonchev–Trinajstić information content (AvgIpc) is 3.35. The van der Waals surface area contributed by atoms with Crippen LogP contribution in [0.15, 0.2) is 47.5 Å². The molecule has 2 atom stereocenters. The van der Waals surface area contributed by atoms with E-state index in [1.54, 1.807) is 0 Å². The number of benzene rings is 2. The van der Waals surface area contributed by atoms with Gasteiger partial charge in [-0.3, -0.25) is 19.4 Å². The molecule has 168 valence electrons. The minimum atomic E-state index is -4.59. The molecule has 0 spiro atoms. The first kappa shape index (κ1) is 22.6. The van der Waals surface area contributed by atoms with Crippen LogP contribution in [-0.4, -0.2) is 42.9 Å². The van der Waals surface area contributed by atoms with Crippen molar-refractivity contribution < 1.29 is 27.6 Å². The van der Waals surface area contributed by atoms with Crippen molar-refractivity contribution in [2.75, 3.05) is 13.2 Å². The van der Waals surface area contributed by atoms with Crippen molar-refractivity contribution >= 4 is 40.7 Å². The highest BCUT2D eigenvalue weighted by molar-refractivity contribution is 6.34. The zero-order chi connectivity index (χ0) is 23.1. The molecule has 0 saturated carbocycles. The van der Waals surface area contributed by atoms with E-state index in [2.05, 4.69) is 15.8 Å². The van der Waals surface area contributed by atoms with Gasteiger partial charge in [0.15, 0.2) is 0 Å². The van der Waals surface area contributed by atoms with Gasteiger partial charge in [0.2, 0.25) is 0 Å². The average molecular weight is 486 g/mol. The van der Waals surface area contributed by atoms with E-state index in [0.717, 1.165) is 0 Å². The molecule has 2 unspecified atom stereocenters. The molecule has 0 aromatic heterocycles. The van der Waals surface area contributed by atoms with Gasteiger partial charge in [0.25, 0.3) is 11.8 Å². The number of hydroxylamine groups is 1. The SMILES string of the molecule is O=C(NC1CONC1=O)c1ccc(C2=NCC(c3cc(Cl)cc(Cl)c3)(C(F)(F)F)C2)cc1. The largest absolute Gasteiger partial charge is 0.400 e. The number of aliphatic imine (C=N–C) groups is 1. The van der Waals surface area contributed by atoms with E-state index in [0.29, 0.717) is 5.56 Å². The van der Waals surface area contributed by atoms with Gasteiger partial charge in [-0.1, -0.05) is 35.3 Å². The second kappa shape index (κ2) is 8.38. The number of hydrogen-bond acceptors (Lipinski definition) is 4. The summed E-state index contributed by atoms with van der Waals surface area (Å²) >= 11 is 11.9. The molecule has 2 heterocycles. The lowest BCUT2D eigenvalue weighted by Crippen LogP contribution is -2.43. The van der Waals surface area contributed by atoms with Gasteiger partial charge in [0, 0.05) is 27.7 Å². The van der Waals surface area contributed by atoms with Crippen molar-refractivity contribution in [1.29, 1.82) is 0 Å². The first-order valence-electron chi connectivity index (χ1n) is 9.49. The van der Waals surface area contributed by atoms with E-state index in [1.807, 2.05) is 0 Å². The number of nitrogens with zero attached hydrogens (tertiary/aromatic N) is 1. The Morgan fingerprint density at radius 3 is 2.38 bits per heavy atom. The molecule has 4 rings (SSSR count). The summed E-state index contributed by atoms with van der Waals surface area (Å²) in [4.78, 5) is 32.7. The summed E-state index contributed by atoms with van der Waals surface area (Å²) < 4.78 is 42.6. The Morgan fingerprint density at radius 1 is 1.16 bits per heavy atom. The van der Waals surface area contributed by atoms with Crippen LogP contribution in [0.25, 0.3) is 0 Å². The van der Waals surface area contributed by atoms with E-state index in [1.165, 1.54) is 42.5 Å². The molecule has 32 heavy (non-hydrogen) atoms. The molecule has 0 aliphatic carbocycles. The van der Waals surface area contributed by atoms with Crippen LogP contribution >= 0.6 is 23.2 Å². The van der Waals surface area contributed by atoms with E-state index in [9.17, 15) is 22.8 Å². The van der Waals surface area contributed by atoms with Crippen molar-refractivity contribution in [3.05, 3.63) is 69.2 Å². The summed E-state index contributed by atoms with van der Waals surface area (Å²) in [6, 6.07) is 9.06. The number of rotatable bonds is 4. The number of alkyl halides is 3. The molecule has 2 amide bonds. The van der Waals surface area contributed by atoms with Crippen LogP contribution in [0, 0.1) is 0 Å². The maximum Gasteiger partial charge on any atom is 0.400 e. The predicted molar refractivity (Wildman–Crippen MR) is 112 cm³/mol. The van der Waals surface area contributed by atoms with E-state index >= 15 is 0 Å². The molecule has 2 aliphatic rings. The summed E-state index contributed by atoms with van der Waals surface area (Å²) in [7, 11) is 0. The van der Waals surface area contributed by atoms with Gasteiger partial charge in [-0.2, -0.15) is 13.2 Å². The van der Waals surface area contributed by atoms with Crippen LogP contribution in [0.4, 0.5) is 13.2 Å². The highest BCUT2D eigenvalue weighted by Crippen LogP contribution is 2.48. The highest BCUT2D eigenvalue weighted by atomic mass is 35.5. The van der Waals surface area contributed by atoms with E-state index in [-0.39, 0.29) is 33.5 Å². The fourth-order valence-electron chi connectivity index (χ4n) is 3.70. The lowest BCUT2D eigenvalue weighted by molar-refractivity contribution is -0.183. The Morgan fingerprint density at radius 2 is 1.81 bits per heavy atom. The van der Waals surface area contributed by atoms with E-state index in [4.69, 9.17) is 28.0 Å². The lowest BCUT2D eigenvalue weighted by Gasteiger charge is -2.31. The van der Waals surface area contributed by atoms with Crippen LogP contribution in [-0.2, 0) is 15.0 Å². The van der Waals surface area contributed by atoms with Crippen molar-refractivity contribution in [2.45, 2.75) is 24.1 Å². The molecule has 0 radical (unpaired) electrons. The van der Waals surface area contributed by atoms with Crippen LogP contribution in [0.1, 0.15) is 27.9 Å². The Bertz CT molecular complexity index is 1090. The third kappa shape index (κ3) is 4.20. The fraction of sp³-hybridized carbons (Fsp3) is 0.286. The number of nitrogens with one attached hydrogen (secondary N) is 2. The predicted octanol–water partition coefficient (Wildman–Crippen LogP) is 3.85. The molecule has 2 aromatic carbocycles. The third-order valence-corrected chi connectivity index (χ3v) is 5.93. The minimum Gasteiger partial charge on any atom is -0.338 e. The molecule has 1 fully saturated rings. The summed E-state index contributed by atoms with van der Waals surface area (Å²) in [5.41, 5.74) is 0.806. The maximum absolute atomic E-state index is 14.2. The Kier molecular flexibility index (Phi) is 5.91. The zero-order valence-electron chi connectivity index (χ0n) is 16.3. The van der Waals surface area contributed by atoms with Crippen LogP contribution in [0.5, 0.6) is 0 Å². The number of amides is 2. The summed E-state index contributed by atoms with van der Waals surface area (Å²) in [5.74, 6) is -0.964. The van der Waals surface area contributed by atoms with Crippen molar-refractivity contribution in [3.8, 4) is 0 Å². The molecule has 11 heteroatoms. The second-order valence-corrected chi connectivity index (χ2v) is 8.43. The van der Waals surface area contributed by atoms with E-state index < -0.39 is 42.4 Å². The first-order valence-corrected chi connectivity index (χ1v) is 10.2. The zero-order valence-corrected chi connectivity index (χ0v) is 17.8. The monoisotopic (exact) mass is 485 g/mol. The normalized spacial score (nSPS) is 23.1. The lowest BCUT2D eigenvalue weighted by atomic mass is 9.76. The molecule has 2 aliphatic heterocycles. The smallest absolute Gasteiger partial charge is 0.338 e. The number of carbonyl (C=O) groups excluding carboxylic acids is 2. The molecule has 6 nitrogen and oxygen atoms in total. The maximum atomic E-state index is 14.2.